The number of thioether (sulfide) groups is 1. The molecule has 2 amide bonds. The first kappa shape index (κ1) is 17.0. The van der Waals surface area contributed by atoms with Gasteiger partial charge in [-0.15, -0.1) is 11.8 Å². The molecule has 0 saturated carbocycles. The van der Waals surface area contributed by atoms with E-state index in [1.807, 2.05) is 36.4 Å². The molecule has 2 rings (SSSR count). The second-order valence-electron chi connectivity index (χ2n) is 4.79. The van der Waals surface area contributed by atoms with E-state index in [-0.39, 0.29) is 11.8 Å². The zero-order valence-electron chi connectivity index (χ0n) is 12.7. The summed E-state index contributed by atoms with van der Waals surface area (Å²) in [4.78, 5) is 27.7. The fraction of sp³-hybridized carbons (Fsp3) is 0.235. The van der Waals surface area contributed by atoms with Crippen LogP contribution in [0.3, 0.4) is 0 Å². The third-order valence-electron chi connectivity index (χ3n) is 2.98. The molecule has 2 aromatic rings. The van der Waals surface area contributed by atoms with Crippen molar-refractivity contribution in [1.29, 1.82) is 0 Å². The van der Waals surface area contributed by atoms with Gasteiger partial charge in [0.15, 0.2) is 0 Å². The van der Waals surface area contributed by atoms with Crippen LogP contribution in [0.15, 0.2) is 54.7 Å². The molecular weight excluding hydrogens is 310 g/mol. The van der Waals surface area contributed by atoms with Gasteiger partial charge in [-0.3, -0.25) is 14.6 Å². The van der Waals surface area contributed by atoms with Crippen LogP contribution >= 0.6 is 11.8 Å². The van der Waals surface area contributed by atoms with Gasteiger partial charge in [0.2, 0.25) is 5.91 Å². The highest BCUT2D eigenvalue weighted by Crippen LogP contribution is 2.08. The molecular formula is C17H19N3O2S. The number of rotatable bonds is 8. The van der Waals surface area contributed by atoms with E-state index in [4.69, 9.17) is 0 Å². The zero-order valence-corrected chi connectivity index (χ0v) is 13.5. The molecule has 0 saturated heterocycles. The molecule has 120 valence electrons. The maximum Gasteiger partial charge on any atom is 0.251 e. The number of pyridine rings is 1. The van der Waals surface area contributed by atoms with E-state index < -0.39 is 0 Å². The fourth-order valence-corrected chi connectivity index (χ4v) is 2.62. The zero-order chi connectivity index (χ0) is 16.3. The fourth-order valence-electron chi connectivity index (χ4n) is 1.85. The van der Waals surface area contributed by atoms with Crippen LogP contribution in [0.4, 0.5) is 0 Å². The highest BCUT2D eigenvalue weighted by Gasteiger charge is 2.04. The van der Waals surface area contributed by atoms with Crippen LogP contribution < -0.4 is 10.6 Å². The summed E-state index contributed by atoms with van der Waals surface area (Å²) < 4.78 is 0. The summed E-state index contributed by atoms with van der Waals surface area (Å²) in [5.74, 6) is 0.909. The molecule has 0 spiro atoms. The van der Waals surface area contributed by atoms with E-state index in [2.05, 4.69) is 15.6 Å². The van der Waals surface area contributed by atoms with E-state index >= 15 is 0 Å². The van der Waals surface area contributed by atoms with Crippen molar-refractivity contribution in [3.05, 3.63) is 66.0 Å². The Morgan fingerprint density at radius 3 is 2.43 bits per heavy atom. The number of hydrogen-bond donors (Lipinski definition) is 2. The van der Waals surface area contributed by atoms with E-state index in [1.165, 1.54) is 11.8 Å². The lowest BCUT2D eigenvalue weighted by Crippen LogP contribution is -2.35. The maximum atomic E-state index is 11.8. The molecule has 0 radical (unpaired) electrons. The van der Waals surface area contributed by atoms with Crippen molar-refractivity contribution in [3.63, 3.8) is 0 Å². The van der Waals surface area contributed by atoms with Crippen molar-refractivity contribution >= 4 is 23.6 Å². The topological polar surface area (TPSA) is 71.1 Å². The third-order valence-corrected chi connectivity index (χ3v) is 3.94. The van der Waals surface area contributed by atoms with Gasteiger partial charge in [0.05, 0.1) is 11.4 Å². The average Bonchev–Trinajstić information content (AvgIpc) is 2.60. The minimum atomic E-state index is -0.135. The van der Waals surface area contributed by atoms with E-state index in [0.717, 1.165) is 5.69 Å². The average molecular weight is 329 g/mol. The predicted octanol–water partition coefficient (Wildman–Crippen LogP) is 1.86. The Balaban J connectivity index is 1.55. The molecule has 1 heterocycles. The Morgan fingerprint density at radius 1 is 0.957 bits per heavy atom. The molecule has 0 aliphatic heterocycles. The molecule has 0 fully saturated rings. The molecule has 0 atom stereocenters. The highest BCUT2D eigenvalue weighted by molar-refractivity contribution is 7.99. The molecule has 1 aromatic carbocycles. The number of benzene rings is 1. The van der Waals surface area contributed by atoms with E-state index in [1.54, 1.807) is 18.3 Å². The first-order valence-electron chi connectivity index (χ1n) is 7.33. The first-order chi connectivity index (χ1) is 11.3. The summed E-state index contributed by atoms with van der Waals surface area (Å²) >= 11 is 1.51. The van der Waals surface area contributed by atoms with Crippen LogP contribution in [0.5, 0.6) is 0 Å². The molecule has 0 aliphatic carbocycles. The first-order valence-corrected chi connectivity index (χ1v) is 8.49. The predicted molar refractivity (Wildman–Crippen MR) is 92.2 cm³/mol. The highest BCUT2D eigenvalue weighted by atomic mass is 32.2. The number of carbonyl (C=O) groups is 2. The van der Waals surface area contributed by atoms with Gasteiger partial charge in [0.25, 0.3) is 5.91 Å². The van der Waals surface area contributed by atoms with Gasteiger partial charge in [-0.05, 0) is 24.3 Å². The Hall–Kier alpha value is -2.34. The standard InChI is InChI=1S/C17H19N3O2S/c21-16(13-23-12-15-8-4-5-9-18-15)19-10-11-20-17(22)14-6-2-1-3-7-14/h1-9H,10-13H2,(H,19,21)(H,20,22). The minimum Gasteiger partial charge on any atom is -0.354 e. The number of nitrogens with zero attached hydrogens (tertiary/aromatic N) is 1. The van der Waals surface area contributed by atoms with Gasteiger partial charge < -0.3 is 10.6 Å². The largest absolute Gasteiger partial charge is 0.354 e. The Morgan fingerprint density at radius 2 is 1.70 bits per heavy atom. The van der Waals surface area contributed by atoms with Gasteiger partial charge in [0.1, 0.15) is 0 Å². The van der Waals surface area contributed by atoms with Crippen molar-refractivity contribution < 1.29 is 9.59 Å². The van der Waals surface area contributed by atoms with Crippen LogP contribution in [0.25, 0.3) is 0 Å². The van der Waals surface area contributed by atoms with Crippen LogP contribution in [-0.4, -0.2) is 35.6 Å². The minimum absolute atomic E-state index is 0.0418. The van der Waals surface area contributed by atoms with Crippen LogP contribution in [0.1, 0.15) is 16.1 Å². The van der Waals surface area contributed by atoms with E-state index in [0.29, 0.717) is 30.2 Å². The van der Waals surface area contributed by atoms with Crippen molar-refractivity contribution in [2.45, 2.75) is 5.75 Å². The number of nitrogens with one attached hydrogen (secondary N) is 2. The van der Waals surface area contributed by atoms with E-state index in [9.17, 15) is 9.59 Å². The van der Waals surface area contributed by atoms with Crippen molar-refractivity contribution in [1.82, 2.24) is 15.6 Å². The summed E-state index contributed by atoms with van der Waals surface area (Å²) in [6, 6.07) is 14.7. The molecule has 5 nitrogen and oxygen atoms in total. The molecule has 1 aromatic heterocycles. The van der Waals surface area contributed by atoms with Crippen LogP contribution in [0.2, 0.25) is 0 Å². The molecule has 6 heteroatoms. The lowest BCUT2D eigenvalue weighted by atomic mass is 10.2. The molecule has 23 heavy (non-hydrogen) atoms. The Labute approximate surface area is 139 Å². The monoisotopic (exact) mass is 329 g/mol. The number of amides is 2. The normalized spacial score (nSPS) is 10.1. The summed E-state index contributed by atoms with van der Waals surface area (Å²) in [7, 11) is 0. The van der Waals surface area contributed by atoms with Gasteiger partial charge in [-0.2, -0.15) is 0 Å². The second-order valence-corrected chi connectivity index (χ2v) is 5.77. The Bertz CT molecular complexity index is 620. The third kappa shape index (κ3) is 6.52. The van der Waals surface area contributed by atoms with Crippen molar-refractivity contribution in [2.24, 2.45) is 0 Å². The van der Waals surface area contributed by atoms with Crippen molar-refractivity contribution in [3.8, 4) is 0 Å². The van der Waals surface area contributed by atoms with Gasteiger partial charge in [0, 0.05) is 30.6 Å². The molecule has 0 unspecified atom stereocenters. The van der Waals surface area contributed by atoms with Gasteiger partial charge in [-0.1, -0.05) is 24.3 Å². The second kappa shape index (κ2) is 9.63. The molecule has 2 N–H and O–H groups in total. The maximum absolute atomic E-state index is 11.8. The van der Waals surface area contributed by atoms with Crippen LogP contribution in [-0.2, 0) is 10.5 Å². The number of carbonyl (C=O) groups excluding carboxylic acids is 2. The lowest BCUT2D eigenvalue weighted by Gasteiger charge is -2.07. The SMILES string of the molecule is O=C(CSCc1ccccn1)NCCNC(=O)c1ccccc1. The smallest absolute Gasteiger partial charge is 0.251 e. The number of aromatic nitrogens is 1. The summed E-state index contributed by atoms with van der Waals surface area (Å²) in [6.07, 6.45) is 1.74. The number of hydrogen-bond acceptors (Lipinski definition) is 4. The summed E-state index contributed by atoms with van der Waals surface area (Å²) in [5, 5.41) is 5.55. The lowest BCUT2D eigenvalue weighted by molar-refractivity contribution is -0.118. The van der Waals surface area contributed by atoms with Gasteiger partial charge >= 0.3 is 0 Å². The molecule has 0 aliphatic rings. The Kier molecular flexibility index (Phi) is 7.13. The van der Waals surface area contributed by atoms with Crippen LogP contribution in [0, 0.1) is 0 Å². The quantitative estimate of drug-likeness (QED) is 0.725. The molecule has 0 bridgehead atoms. The van der Waals surface area contributed by atoms with Crippen molar-refractivity contribution in [2.75, 3.05) is 18.8 Å². The summed E-state index contributed by atoms with van der Waals surface area (Å²) in [6.45, 7) is 0.825. The summed E-state index contributed by atoms with van der Waals surface area (Å²) in [5.41, 5.74) is 1.57. The van der Waals surface area contributed by atoms with Gasteiger partial charge in [-0.25, -0.2) is 0 Å².